The van der Waals surface area contributed by atoms with Crippen molar-refractivity contribution in [2.75, 3.05) is 0 Å². The largest absolute Gasteiger partial charge is 0.477 e. The van der Waals surface area contributed by atoms with Crippen LogP contribution >= 0.6 is 0 Å². The molecule has 0 aliphatic carbocycles. The molecule has 0 aliphatic rings. The van der Waals surface area contributed by atoms with Crippen molar-refractivity contribution >= 4 is 5.97 Å². The first-order chi connectivity index (χ1) is 7.60. The SMILES string of the molecule is CC(O)(c1ccc(F)cc1F)C(F)(F)C(=O)O. The highest BCUT2D eigenvalue weighted by molar-refractivity contribution is 5.77. The second kappa shape index (κ2) is 3.99. The molecule has 17 heavy (non-hydrogen) atoms. The monoisotopic (exact) mass is 252 g/mol. The first kappa shape index (κ1) is 13.4. The topological polar surface area (TPSA) is 57.5 Å². The Labute approximate surface area is 93.3 Å². The highest BCUT2D eigenvalue weighted by Crippen LogP contribution is 2.38. The molecule has 1 aromatic carbocycles. The number of aliphatic hydroxyl groups is 1. The molecule has 3 nitrogen and oxygen atoms in total. The molecular formula is C10H8F4O3. The van der Waals surface area contributed by atoms with Gasteiger partial charge in [0.2, 0.25) is 0 Å². The Balaban J connectivity index is 3.35. The van der Waals surface area contributed by atoms with Crippen LogP contribution in [0, 0.1) is 11.6 Å². The number of hydrogen-bond acceptors (Lipinski definition) is 2. The molecule has 1 aromatic rings. The molecule has 0 heterocycles. The van der Waals surface area contributed by atoms with Crippen LogP contribution in [0.15, 0.2) is 18.2 Å². The number of benzene rings is 1. The predicted octanol–water partition coefficient (Wildman–Crippen LogP) is 1.89. The molecule has 0 amide bonds. The lowest BCUT2D eigenvalue weighted by Gasteiger charge is -2.29. The van der Waals surface area contributed by atoms with Crippen LogP contribution in [0.1, 0.15) is 12.5 Å². The average molecular weight is 252 g/mol. The van der Waals surface area contributed by atoms with Crippen molar-refractivity contribution in [2.45, 2.75) is 18.4 Å². The molecule has 0 saturated heterocycles. The summed E-state index contributed by atoms with van der Waals surface area (Å²) in [5.74, 6) is -9.69. The lowest BCUT2D eigenvalue weighted by molar-refractivity contribution is -0.207. The van der Waals surface area contributed by atoms with Gasteiger partial charge in [0.1, 0.15) is 11.6 Å². The summed E-state index contributed by atoms with van der Waals surface area (Å²) < 4.78 is 52.1. The molecule has 0 aliphatic heterocycles. The average Bonchev–Trinajstić information content (AvgIpc) is 2.16. The van der Waals surface area contributed by atoms with Crippen molar-refractivity contribution in [1.82, 2.24) is 0 Å². The van der Waals surface area contributed by atoms with Crippen LogP contribution in [0.5, 0.6) is 0 Å². The van der Waals surface area contributed by atoms with E-state index in [9.17, 15) is 27.5 Å². The molecule has 1 unspecified atom stereocenters. The quantitative estimate of drug-likeness (QED) is 0.808. The van der Waals surface area contributed by atoms with Crippen molar-refractivity contribution in [3.05, 3.63) is 35.4 Å². The van der Waals surface area contributed by atoms with Crippen LogP contribution in [0.3, 0.4) is 0 Å². The Morgan fingerprint density at radius 3 is 2.24 bits per heavy atom. The zero-order valence-electron chi connectivity index (χ0n) is 8.55. The molecule has 0 saturated carbocycles. The molecule has 0 radical (unpaired) electrons. The number of halogens is 4. The van der Waals surface area contributed by atoms with E-state index < -0.39 is 34.7 Å². The summed E-state index contributed by atoms with van der Waals surface area (Å²) in [6.45, 7) is 0.442. The number of aliphatic carboxylic acids is 1. The number of carbonyl (C=O) groups is 1. The summed E-state index contributed by atoms with van der Waals surface area (Å²) in [6, 6.07) is 1.49. The Hall–Kier alpha value is -1.63. The third-order valence-corrected chi connectivity index (χ3v) is 2.34. The fourth-order valence-corrected chi connectivity index (χ4v) is 1.26. The summed E-state index contributed by atoms with van der Waals surface area (Å²) in [5.41, 5.74) is -4.28. The maximum atomic E-state index is 13.2. The van der Waals surface area contributed by atoms with Gasteiger partial charge in [-0.25, -0.2) is 13.6 Å². The van der Waals surface area contributed by atoms with Crippen LogP contribution in [0.25, 0.3) is 0 Å². The van der Waals surface area contributed by atoms with Crippen molar-refractivity contribution in [3.63, 3.8) is 0 Å². The van der Waals surface area contributed by atoms with Crippen LogP contribution in [0.4, 0.5) is 17.6 Å². The zero-order valence-corrected chi connectivity index (χ0v) is 8.55. The molecule has 94 valence electrons. The van der Waals surface area contributed by atoms with E-state index in [4.69, 9.17) is 5.11 Å². The van der Waals surface area contributed by atoms with Gasteiger partial charge >= 0.3 is 11.9 Å². The van der Waals surface area contributed by atoms with E-state index >= 15 is 0 Å². The van der Waals surface area contributed by atoms with Gasteiger partial charge in [0.05, 0.1) is 0 Å². The molecule has 7 heteroatoms. The third-order valence-electron chi connectivity index (χ3n) is 2.34. The minimum Gasteiger partial charge on any atom is -0.477 e. The molecule has 0 bridgehead atoms. The number of hydrogen-bond donors (Lipinski definition) is 2. The van der Waals surface area contributed by atoms with E-state index in [1.54, 1.807) is 0 Å². The van der Waals surface area contributed by atoms with Gasteiger partial charge in [-0.2, -0.15) is 8.78 Å². The molecule has 1 atom stereocenters. The van der Waals surface area contributed by atoms with E-state index in [0.717, 1.165) is 0 Å². The van der Waals surface area contributed by atoms with Crippen molar-refractivity contribution in [1.29, 1.82) is 0 Å². The van der Waals surface area contributed by atoms with Crippen LogP contribution in [-0.2, 0) is 10.4 Å². The van der Waals surface area contributed by atoms with Crippen LogP contribution in [0.2, 0.25) is 0 Å². The maximum Gasteiger partial charge on any atom is 0.378 e. The van der Waals surface area contributed by atoms with Gasteiger partial charge in [-0.15, -0.1) is 0 Å². The molecule has 0 spiro atoms. The predicted molar refractivity (Wildman–Crippen MR) is 48.5 cm³/mol. The molecule has 0 fully saturated rings. The minimum atomic E-state index is -4.61. The van der Waals surface area contributed by atoms with Crippen LogP contribution in [-0.4, -0.2) is 22.1 Å². The van der Waals surface area contributed by atoms with Gasteiger partial charge in [-0.1, -0.05) is 6.07 Å². The smallest absolute Gasteiger partial charge is 0.378 e. The second-order valence-corrected chi connectivity index (χ2v) is 3.58. The minimum absolute atomic E-state index is 0.279. The second-order valence-electron chi connectivity index (χ2n) is 3.58. The van der Waals surface area contributed by atoms with Gasteiger partial charge in [-0.05, 0) is 13.0 Å². The highest BCUT2D eigenvalue weighted by Gasteiger charge is 2.57. The van der Waals surface area contributed by atoms with Crippen LogP contribution < -0.4 is 0 Å². The molecule has 1 rings (SSSR count). The number of carboxylic acid groups (broad SMARTS) is 1. The van der Waals surface area contributed by atoms with E-state index in [1.165, 1.54) is 0 Å². The number of rotatable bonds is 3. The number of alkyl halides is 2. The molecule has 2 N–H and O–H groups in total. The van der Waals surface area contributed by atoms with Gasteiger partial charge in [0.15, 0.2) is 5.60 Å². The zero-order chi connectivity index (χ0) is 13.4. The molecular weight excluding hydrogens is 244 g/mol. The normalized spacial score (nSPS) is 15.4. The van der Waals surface area contributed by atoms with Crippen molar-refractivity contribution < 1.29 is 32.6 Å². The Morgan fingerprint density at radius 1 is 1.29 bits per heavy atom. The fraction of sp³-hybridized carbons (Fsp3) is 0.300. The van der Waals surface area contributed by atoms with E-state index in [0.29, 0.717) is 19.1 Å². The van der Waals surface area contributed by atoms with Gasteiger partial charge in [-0.3, -0.25) is 0 Å². The summed E-state index contributed by atoms with van der Waals surface area (Å²) in [7, 11) is 0. The van der Waals surface area contributed by atoms with E-state index in [2.05, 4.69) is 0 Å². The lowest BCUT2D eigenvalue weighted by Crippen LogP contribution is -2.49. The lowest BCUT2D eigenvalue weighted by atomic mass is 9.88. The Bertz CT molecular complexity index is 457. The van der Waals surface area contributed by atoms with E-state index in [-0.39, 0.29) is 6.07 Å². The summed E-state index contributed by atoms with van der Waals surface area (Å²) >= 11 is 0. The summed E-state index contributed by atoms with van der Waals surface area (Å²) in [5, 5.41) is 17.7. The summed E-state index contributed by atoms with van der Waals surface area (Å²) in [4.78, 5) is 10.3. The molecule has 0 aromatic heterocycles. The Morgan fingerprint density at radius 2 is 1.82 bits per heavy atom. The van der Waals surface area contributed by atoms with Crippen molar-refractivity contribution in [3.8, 4) is 0 Å². The maximum absolute atomic E-state index is 13.2. The third kappa shape index (κ3) is 2.10. The summed E-state index contributed by atoms with van der Waals surface area (Å²) in [6.07, 6.45) is 0. The number of carboxylic acids is 1. The highest BCUT2D eigenvalue weighted by atomic mass is 19.3. The first-order valence-electron chi connectivity index (χ1n) is 4.40. The first-order valence-corrected chi connectivity index (χ1v) is 4.40. The fourth-order valence-electron chi connectivity index (χ4n) is 1.26. The van der Waals surface area contributed by atoms with Crippen molar-refractivity contribution in [2.24, 2.45) is 0 Å². The van der Waals surface area contributed by atoms with Gasteiger partial charge in [0.25, 0.3) is 0 Å². The van der Waals surface area contributed by atoms with Gasteiger partial charge < -0.3 is 10.2 Å². The van der Waals surface area contributed by atoms with E-state index in [1.807, 2.05) is 0 Å². The Kier molecular flexibility index (Phi) is 3.15. The standard InChI is InChI=1S/C10H8F4O3/c1-9(17,10(13,14)8(15)16)6-3-2-5(11)4-7(6)12/h2-4,17H,1H3,(H,15,16). The van der Waals surface area contributed by atoms with Gasteiger partial charge in [0, 0.05) is 11.6 Å².